The maximum absolute atomic E-state index is 12.8. The van der Waals surface area contributed by atoms with E-state index >= 15 is 0 Å². The van der Waals surface area contributed by atoms with Crippen molar-refractivity contribution in [2.24, 2.45) is 5.92 Å². The largest absolute Gasteiger partial charge is 0.489 e. The average Bonchev–Trinajstić information content (AvgIpc) is 2.79. The predicted molar refractivity (Wildman–Crippen MR) is 116 cm³/mol. The molecule has 30 heavy (non-hydrogen) atoms. The smallest absolute Gasteiger partial charge is 0.309 e. The van der Waals surface area contributed by atoms with Crippen LogP contribution >= 0.6 is 0 Å². The summed E-state index contributed by atoms with van der Waals surface area (Å²) in [5, 5.41) is 3.26. The number of carbonyl (C=O) groups excluding carboxylic acids is 2. The molecule has 1 saturated heterocycles. The van der Waals surface area contributed by atoms with Gasteiger partial charge in [0.2, 0.25) is 5.91 Å². The van der Waals surface area contributed by atoms with Crippen molar-refractivity contribution in [3.05, 3.63) is 60.2 Å². The monoisotopic (exact) mass is 410 g/mol. The molecular formula is C24H30N2O4. The van der Waals surface area contributed by atoms with Crippen molar-refractivity contribution in [2.75, 3.05) is 25.0 Å². The van der Waals surface area contributed by atoms with Gasteiger partial charge in [-0.2, -0.15) is 0 Å². The topological polar surface area (TPSA) is 67.9 Å². The molecule has 1 fully saturated rings. The van der Waals surface area contributed by atoms with E-state index < -0.39 is 0 Å². The van der Waals surface area contributed by atoms with Crippen molar-refractivity contribution in [3.8, 4) is 5.75 Å². The van der Waals surface area contributed by atoms with E-state index in [2.05, 4.69) is 5.32 Å². The van der Waals surface area contributed by atoms with Crippen LogP contribution in [0, 0.1) is 5.92 Å². The standard InChI is InChI=1S/C24H30N2O4/c1-3-29-24(28)20-13-15-26(16-14-20)23(27)18(2)25-21-9-11-22(12-10-21)30-17-19-7-5-4-6-8-19/h4-12,18,20,25H,3,13-17H2,1-2H3. The van der Waals surface area contributed by atoms with Gasteiger partial charge < -0.3 is 19.7 Å². The lowest BCUT2D eigenvalue weighted by Crippen LogP contribution is -2.46. The normalized spacial score (nSPS) is 15.3. The van der Waals surface area contributed by atoms with E-state index in [1.165, 1.54) is 0 Å². The Morgan fingerprint density at radius 1 is 1.07 bits per heavy atom. The van der Waals surface area contributed by atoms with Crippen LogP contribution < -0.4 is 10.1 Å². The zero-order chi connectivity index (χ0) is 21.3. The Kier molecular flexibility index (Phi) is 7.71. The van der Waals surface area contributed by atoms with Crippen LogP contribution in [0.4, 0.5) is 5.69 Å². The average molecular weight is 411 g/mol. The van der Waals surface area contributed by atoms with Crippen LogP contribution in [0.25, 0.3) is 0 Å². The van der Waals surface area contributed by atoms with E-state index in [1.807, 2.05) is 73.3 Å². The molecule has 0 aliphatic carbocycles. The van der Waals surface area contributed by atoms with Gasteiger partial charge >= 0.3 is 5.97 Å². The predicted octanol–water partition coefficient (Wildman–Crippen LogP) is 3.87. The van der Waals surface area contributed by atoms with Gasteiger partial charge in [0, 0.05) is 18.8 Å². The minimum absolute atomic E-state index is 0.0433. The second kappa shape index (κ2) is 10.7. The highest BCUT2D eigenvalue weighted by Gasteiger charge is 2.30. The first-order valence-electron chi connectivity index (χ1n) is 10.6. The highest BCUT2D eigenvalue weighted by atomic mass is 16.5. The van der Waals surface area contributed by atoms with Gasteiger partial charge in [-0.25, -0.2) is 0 Å². The summed E-state index contributed by atoms with van der Waals surface area (Å²) >= 11 is 0. The minimum atomic E-state index is -0.347. The zero-order valence-corrected chi connectivity index (χ0v) is 17.7. The lowest BCUT2D eigenvalue weighted by Gasteiger charge is -2.33. The molecular weight excluding hydrogens is 380 g/mol. The lowest BCUT2D eigenvalue weighted by molar-refractivity contribution is -0.151. The third kappa shape index (κ3) is 5.99. The van der Waals surface area contributed by atoms with Gasteiger partial charge in [0.25, 0.3) is 0 Å². The van der Waals surface area contributed by atoms with Crippen LogP contribution in [0.2, 0.25) is 0 Å². The molecule has 3 rings (SSSR count). The van der Waals surface area contributed by atoms with E-state index in [0.717, 1.165) is 17.0 Å². The number of likely N-dealkylation sites (tertiary alicyclic amines) is 1. The van der Waals surface area contributed by atoms with E-state index in [4.69, 9.17) is 9.47 Å². The van der Waals surface area contributed by atoms with Crippen LogP contribution in [0.1, 0.15) is 32.3 Å². The number of anilines is 1. The van der Waals surface area contributed by atoms with Gasteiger partial charge in [-0.3, -0.25) is 9.59 Å². The van der Waals surface area contributed by atoms with Gasteiger partial charge in [0.15, 0.2) is 0 Å². The van der Waals surface area contributed by atoms with Crippen LogP contribution in [0.5, 0.6) is 5.75 Å². The number of piperidine rings is 1. The summed E-state index contributed by atoms with van der Waals surface area (Å²) in [5.41, 5.74) is 1.98. The molecule has 2 aromatic rings. The molecule has 160 valence electrons. The molecule has 6 heteroatoms. The molecule has 6 nitrogen and oxygen atoms in total. The molecule has 0 radical (unpaired) electrons. The molecule has 1 amide bonds. The number of esters is 1. The summed E-state index contributed by atoms with van der Waals surface area (Å²) in [6.45, 7) is 5.76. The number of carbonyl (C=O) groups is 2. The molecule has 2 aromatic carbocycles. The molecule has 1 aliphatic heterocycles. The first kappa shape index (κ1) is 21.7. The van der Waals surface area contributed by atoms with Crippen molar-refractivity contribution >= 4 is 17.6 Å². The van der Waals surface area contributed by atoms with Crippen molar-refractivity contribution in [3.63, 3.8) is 0 Å². The van der Waals surface area contributed by atoms with Crippen LogP contribution in [0.15, 0.2) is 54.6 Å². The minimum Gasteiger partial charge on any atom is -0.489 e. The Labute approximate surface area is 178 Å². The molecule has 0 aromatic heterocycles. The number of nitrogens with one attached hydrogen (secondary N) is 1. The molecule has 1 unspecified atom stereocenters. The highest BCUT2D eigenvalue weighted by molar-refractivity contribution is 5.84. The second-order valence-corrected chi connectivity index (χ2v) is 7.52. The van der Waals surface area contributed by atoms with Gasteiger partial charge in [0.1, 0.15) is 18.4 Å². The molecule has 0 spiro atoms. The Bertz CT molecular complexity index is 815. The molecule has 1 heterocycles. The first-order chi connectivity index (χ1) is 14.6. The maximum Gasteiger partial charge on any atom is 0.309 e. The fraction of sp³-hybridized carbons (Fsp3) is 0.417. The number of ether oxygens (including phenoxy) is 2. The number of benzene rings is 2. The fourth-order valence-corrected chi connectivity index (χ4v) is 3.57. The Morgan fingerprint density at radius 3 is 2.37 bits per heavy atom. The third-order valence-corrected chi connectivity index (χ3v) is 5.28. The van der Waals surface area contributed by atoms with E-state index in [0.29, 0.717) is 39.1 Å². The Hall–Kier alpha value is -3.02. The summed E-state index contributed by atoms with van der Waals surface area (Å²) in [6, 6.07) is 17.3. The first-order valence-corrected chi connectivity index (χ1v) is 10.6. The second-order valence-electron chi connectivity index (χ2n) is 7.52. The van der Waals surface area contributed by atoms with Gasteiger partial charge in [-0.05, 0) is 56.5 Å². The SMILES string of the molecule is CCOC(=O)C1CCN(C(=O)C(C)Nc2ccc(OCc3ccccc3)cc2)CC1. The number of rotatable bonds is 8. The number of hydrogen-bond acceptors (Lipinski definition) is 5. The lowest BCUT2D eigenvalue weighted by atomic mass is 9.96. The molecule has 1 N–H and O–H groups in total. The number of amides is 1. The number of nitrogens with zero attached hydrogens (tertiary/aromatic N) is 1. The maximum atomic E-state index is 12.8. The molecule has 1 atom stereocenters. The quantitative estimate of drug-likeness (QED) is 0.669. The Balaban J connectivity index is 1.45. The van der Waals surface area contributed by atoms with E-state index in [1.54, 1.807) is 0 Å². The summed E-state index contributed by atoms with van der Waals surface area (Å²) in [5.74, 6) is 0.581. The fourth-order valence-electron chi connectivity index (χ4n) is 3.57. The van der Waals surface area contributed by atoms with Gasteiger partial charge in [-0.1, -0.05) is 30.3 Å². The van der Waals surface area contributed by atoms with Gasteiger partial charge in [0.05, 0.1) is 12.5 Å². The third-order valence-electron chi connectivity index (χ3n) is 5.28. The summed E-state index contributed by atoms with van der Waals surface area (Å²) in [6.07, 6.45) is 1.31. The summed E-state index contributed by atoms with van der Waals surface area (Å²) in [4.78, 5) is 26.4. The summed E-state index contributed by atoms with van der Waals surface area (Å²) in [7, 11) is 0. The van der Waals surface area contributed by atoms with Crippen molar-refractivity contribution in [1.29, 1.82) is 0 Å². The molecule has 0 bridgehead atoms. The van der Waals surface area contributed by atoms with E-state index in [-0.39, 0.29) is 23.8 Å². The van der Waals surface area contributed by atoms with Crippen LogP contribution in [-0.4, -0.2) is 42.5 Å². The summed E-state index contributed by atoms with van der Waals surface area (Å²) < 4.78 is 10.9. The van der Waals surface area contributed by atoms with Crippen molar-refractivity contribution in [2.45, 2.75) is 39.3 Å². The number of hydrogen-bond donors (Lipinski definition) is 1. The zero-order valence-electron chi connectivity index (χ0n) is 17.7. The molecule has 0 saturated carbocycles. The van der Waals surface area contributed by atoms with Crippen molar-refractivity contribution < 1.29 is 19.1 Å². The van der Waals surface area contributed by atoms with Gasteiger partial charge in [-0.15, -0.1) is 0 Å². The van der Waals surface area contributed by atoms with Crippen molar-refractivity contribution in [1.82, 2.24) is 4.90 Å². The Morgan fingerprint density at radius 2 is 1.73 bits per heavy atom. The highest BCUT2D eigenvalue weighted by Crippen LogP contribution is 2.21. The molecule has 1 aliphatic rings. The van der Waals surface area contributed by atoms with Crippen LogP contribution in [-0.2, 0) is 20.9 Å². The van der Waals surface area contributed by atoms with Crippen LogP contribution in [0.3, 0.4) is 0 Å². The van der Waals surface area contributed by atoms with E-state index in [9.17, 15) is 9.59 Å².